The molecule has 0 radical (unpaired) electrons. The van der Waals surface area contributed by atoms with Crippen molar-refractivity contribution in [2.24, 2.45) is 0 Å². The summed E-state index contributed by atoms with van der Waals surface area (Å²) in [5.74, 6) is -0.580. The third-order valence-electron chi connectivity index (χ3n) is 10.3. The van der Waals surface area contributed by atoms with Gasteiger partial charge in [0.2, 0.25) is 5.91 Å². The topological polar surface area (TPSA) is 95.9 Å². The van der Waals surface area contributed by atoms with E-state index < -0.39 is 18.2 Å². The summed E-state index contributed by atoms with van der Waals surface area (Å²) >= 11 is 0. The highest BCUT2D eigenvalue weighted by Gasteiger charge is 2.24. The zero-order valence-electron chi connectivity index (χ0n) is 38.1. The minimum absolute atomic E-state index is 0.0144. The molecule has 0 aliphatic carbocycles. The molecule has 0 saturated heterocycles. The average molecular weight is 820 g/mol. The van der Waals surface area contributed by atoms with E-state index >= 15 is 0 Å². The average Bonchev–Trinajstić information content (AvgIpc) is 3.23. The SMILES string of the molecule is CC/C=C/C=C/C=C\C=C/C=C/CCCC(CC(=O)NC(CO)C(O)CCCCCCCCCCC)OC(=O)CCCCCCC/C=C/C=C/C=C/CCCCCCC. The number of amides is 1. The normalized spacial score (nSPS) is 14.2. The third kappa shape index (κ3) is 41.3. The molecule has 3 N–H and O–H groups in total. The molecule has 3 atom stereocenters. The van der Waals surface area contributed by atoms with Crippen molar-refractivity contribution in [2.45, 2.75) is 219 Å². The Bertz CT molecular complexity index is 1190. The number of unbranched alkanes of at least 4 members (excludes halogenated alkanes) is 19. The fraction of sp³-hybridized carbons (Fsp3) is 0.660. The number of hydrogen-bond acceptors (Lipinski definition) is 5. The molecular formula is C53H89NO5. The second kappa shape index (κ2) is 45.9. The summed E-state index contributed by atoms with van der Waals surface area (Å²) in [6.07, 6.45) is 60.4. The van der Waals surface area contributed by atoms with E-state index in [-0.39, 0.29) is 24.9 Å². The molecule has 0 aromatic carbocycles. The molecule has 0 spiro atoms. The van der Waals surface area contributed by atoms with Crippen molar-refractivity contribution in [2.75, 3.05) is 6.61 Å². The molecule has 6 nitrogen and oxygen atoms in total. The minimum Gasteiger partial charge on any atom is -0.462 e. The maximum atomic E-state index is 13.1. The first-order chi connectivity index (χ1) is 29.0. The smallest absolute Gasteiger partial charge is 0.306 e. The number of rotatable bonds is 41. The molecule has 0 aliphatic rings. The number of nitrogens with one attached hydrogen (secondary N) is 1. The maximum absolute atomic E-state index is 13.1. The Labute approximate surface area is 363 Å². The second-order valence-electron chi connectivity index (χ2n) is 16.0. The van der Waals surface area contributed by atoms with Gasteiger partial charge < -0.3 is 20.3 Å². The Morgan fingerprint density at radius 3 is 1.42 bits per heavy atom. The number of aliphatic hydroxyl groups is 2. The molecule has 3 unspecified atom stereocenters. The van der Waals surface area contributed by atoms with Gasteiger partial charge in [0.05, 0.1) is 25.2 Å². The van der Waals surface area contributed by atoms with Gasteiger partial charge in [-0.15, -0.1) is 0 Å². The minimum atomic E-state index is -0.814. The molecule has 0 aromatic heterocycles. The van der Waals surface area contributed by atoms with Crippen molar-refractivity contribution in [3.05, 3.63) is 97.2 Å². The van der Waals surface area contributed by atoms with E-state index in [0.29, 0.717) is 19.3 Å². The van der Waals surface area contributed by atoms with Crippen LogP contribution >= 0.6 is 0 Å². The van der Waals surface area contributed by atoms with Crippen LogP contribution in [0.5, 0.6) is 0 Å². The van der Waals surface area contributed by atoms with Crippen molar-refractivity contribution in [1.82, 2.24) is 5.32 Å². The monoisotopic (exact) mass is 820 g/mol. The lowest BCUT2D eigenvalue weighted by atomic mass is 10.0. The van der Waals surface area contributed by atoms with Crippen LogP contribution in [0.25, 0.3) is 0 Å². The van der Waals surface area contributed by atoms with Crippen LogP contribution in [-0.2, 0) is 14.3 Å². The van der Waals surface area contributed by atoms with Crippen LogP contribution in [-0.4, -0.2) is 46.9 Å². The zero-order chi connectivity index (χ0) is 43.1. The first kappa shape index (κ1) is 55.8. The molecule has 0 rings (SSSR count). The van der Waals surface area contributed by atoms with Crippen LogP contribution in [0.2, 0.25) is 0 Å². The van der Waals surface area contributed by atoms with Crippen molar-refractivity contribution in [3.8, 4) is 0 Å². The summed E-state index contributed by atoms with van der Waals surface area (Å²) in [6.45, 7) is 6.26. The van der Waals surface area contributed by atoms with Gasteiger partial charge >= 0.3 is 5.97 Å². The highest BCUT2D eigenvalue weighted by Crippen LogP contribution is 2.16. The van der Waals surface area contributed by atoms with Crippen molar-refractivity contribution in [3.63, 3.8) is 0 Å². The van der Waals surface area contributed by atoms with Gasteiger partial charge in [-0.25, -0.2) is 0 Å². The Balaban J connectivity index is 4.74. The highest BCUT2D eigenvalue weighted by atomic mass is 16.5. The van der Waals surface area contributed by atoms with E-state index in [4.69, 9.17) is 4.74 Å². The molecule has 1 amide bonds. The van der Waals surface area contributed by atoms with Gasteiger partial charge in [0, 0.05) is 6.42 Å². The molecule has 59 heavy (non-hydrogen) atoms. The van der Waals surface area contributed by atoms with Gasteiger partial charge in [0.25, 0.3) is 0 Å². The van der Waals surface area contributed by atoms with Crippen molar-refractivity contribution in [1.29, 1.82) is 0 Å². The van der Waals surface area contributed by atoms with Gasteiger partial charge in [0.15, 0.2) is 0 Å². The lowest BCUT2D eigenvalue weighted by Crippen LogP contribution is -2.46. The van der Waals surface area contributed by atoms with Gasteiger partial charge in [-0.1, -0.05) is 221 Å². The predicted molar refractivity (Wildman–Crippen MR) is 254 cm³/mol. The van der Waals surface area contributed by atoms with Crippen LogP contribution in [0.1, 0.15) is 201 Å². The molecule has 6 heteroatoms. The summed E-state index contributed by atoms with van der Waals surface area (Å²) in [5.41, 5.74) is 0. The van der Waals surface area contributed by atoms with Gasteiger partial charge in [-0.3, -0.25) is 9.59 Å². The number of carbonyl (C=O) groups excluding carboxylic acids is 2. The van der Waals surface area contributed by atoms with Crippen LogP contribution in [0, 0.1) is 0 Å². The summed E-state index contributed by atoms with van der Waals surface area (Å²) in [4.78, 5) is 26.0. The van der Waals surface area contributed by atoms with E-state index in [0.717, 1.165) is 83.5 Å². The van der Waals surface area contributed by atoms with Gasteiger partial charge in [-0.2, -0.15) is 0 Å². The van der Waals surface area contributed by atoms with Crippen LogP contribution < -0.4 is 5.32 Å². The zero-order valence-corrected chi connectivity index (χ0v) is 38.1. The molecule has 0 fully saturated rings. The molecular weight excluding hydrogens is 731 g/mol. The maximum Gasteiger partial charge on any atom is 0.306 e. The van der Waals surface area contributed by atoms with E-state index in [1.54, 1.807) is 0 Å². The highest BCUT2D eigenvalue weighted by molar-refractivity contribution is 5.77. The van der Waals surface area contributed by atoms with E-state index in [1.165, 1.54) is 70.6 Å². The molecule has 0 saturated carbocycles. The Morgan fingerprint density at radius 2 is 0.932 bits per heavy atom. The van der Waals surface area contributed by atoms with Crippen molar-refractivity contribution >= 4 is 11.9 Å². The molecule has 0 heterocycles. The van der Waals surface area contributed by atoms with Crippen LogP contribution in [0.3, 0.4) is 0 Å². The first-order valence-corrected chi connectivity index (χ1v) is 24.1. The summed E-state index contributed by atoms with van der Waals surface area (Å²) in [5, 5.41) is 23.6. The number of aliphatic hydroxyl groups excluding tert-OH is 2. The number of esters is 1. The molecule has 0 bridgehead atoms. The molecule has 0 aliphatic heterocycles. The predicted octanol–water partition coefficient (Wildman–Crippen LogP) is 14.2. The Kier molecular flexibility index (Phi) is 43.4. The van der Waals surface area contributed by atoms with E-state index in [9.17, 15) is 19.8 Å². The number of ether oxygens (including phenoxy) is 1. The quantitative estimate of drug-likeness (QED) is 0.0324. The van der Waals surface area contributed by atoms with E-state index in [1.807, 2.05) is 48.6 Å². The first-order valence-electron chi connectivity index (χ1n) is 24.1. The number of carbonyl (C=O) groups is 2. The standard InChI is InChI=1S/C53H89NO5/c1-4-7-10-13-16-19-21-23-24-25-26-27-29-31-34-37-40-43-46-53(58)59-49(44-41-38-35-33-30-28-22-20-17-14-11-8-5-2)47-52(57)54-50(48-55)51(56)45-42-39-36-32-18-15-12-9-6-3/h8,11,14,17,20-28,30,33,35,49-51,55-56H,4-7,9-10,12-13,15-16,18-19,29,31-32,34,36-48H2,1-3H3,(H,54,57)/b11-8+,17-14+,22-20-,23-21+,25-24+,27-26+,30-28-,35-33+. The fourth-order valence-electron chi connectivity index (χ4n) is 6.69. The van der Waals surface area contributed by atoms with Gasteiger partial charge in [-0.05, 0) is 64.2 Å². The Morgan fingerprint density at radius 1 is 0.508 bits per heavy atom. The van der Waals surface area contributed by atoms with Gasteiger partial charge in [0.1, 0.15) is 6.10 Å². The Hall–Kier alpha value is -3.22. The van der Waals surface area contributed by atoms with Crippen LogP contribution in [0.4, 0.5) is 0 Å². The lowest BCUT2D eigenvalue weighted by Gasteiger charge is -2.24. The fourth-order valence-corrected chi connectivity index (χ4v) is 6.69. The van der Waals surface area contributed by atoms with Crippen LogP contribution in [0.15, 0.2) is 97.2 Å². The summed E-state index contributed by atoms with van der Waals surface area (Å²) < 4.78 is 5.87. The number of hydrogen-bond donors (Lipinski definition) is 3. The number of allylic oxidation sites excluding steroid dienone is 16. The summed E-state index contributed by atoms with van der Waals surface area (Å²) in [6, 6.07) is -0.733. The third-order valence-corrected chi connectivity index (χ3v) is 10.3. The lowest BCUT2D eigenvalue weighted by molar-refractivity contribution is -0.151. The molecule has 336 valence electrons. The largest absolute Gasteiger partial charge is 0.462 e. The van der Waals surface area contributed by atoms with E-state index in [2.05, 4.69) is 74.7 Å². The van der Waals surface area contributed by atoms with Crippen molar-refractivity contribution < 1.29 is 24.5 Å². The second-order valence-corrected chi connectivity index (χ2v) is 16.0. The summed E-state index contributed by atoms with van der Waals surface area (Å²) in [7, 11) is 0. The molecule has 0 aromatic rings.